The van der Waals surface area contributed by atoms with E-state index < -0.39 is 11.5 Å². The van der Waals surface area contributed by atoms with Crippen molar-refractivity contribution in [2.75, 3.05) is 7.11 Å². The fraction of sp³-hybridized carbons (Fsp3) is 0.619. The summed E-state index contributed by atoms with van der Waals surface area (Å²) in [5, 5.41) is 12.6. The van der Waals surface area contributed by atoms with E-state index in [2.05, 4.69) is 19.2 Å². The third-order valence-electron chi connectivity index (χ3n) is 5.86. The molecule has 1 saturated carbocycles. The third kappa shape index (κ3) is 4.37. The average Bonchev–Trinajstić information content (AvgIpc) is 2.58. The molecule has 1 aliphatic carbocycles. The van der Waals surface area contributed by atoms with E-state index in [1.54, 1.807) is 7.11 Å². The molecule has 1 fully saturated rings. The van der Waals surface area contributed by atoms with Crippen LogP contribution >= 0.6 is 0 Å². The third-order valence-corrected chi connectivity index (χ3v) is 5.86. The zero-order chi connectivity index (χ0) is 19.5. The van der Waals surface area contributed by atoms with Crippen molar-refractivity contribution in [2.45, 2.75) is 65.3 Å². The molecule has 0 bridgehead atoms. The Morgan fingerprint density at radius 2 is 1.77 bits per heavy atom. The number of amides is 1. The highest BCUT2D eigenvalue weighted by atomic mass is 16.5. The first-order valence-electron chi connectivity index (χ1n) is 9.37. The minimum atomic E-state index is -1.13. The largest absolute Gasteiger partial charge is 0.497 e. The normalized spacial score (nSPS) is 22.9. The number of aryl methyl sites for hydroxylation is 2. The van der Waals surface area contributed by atoms with E-state index in [1.165, 1.54) is 0 Å². The Labute approximate surface area is 156 Å². The topological polar surface area (TPSA) is 75.6 Å². The summed E-state index contributed by atoms with van der Waals surface area (Å²) in [5.41, 5.74) is 1.76. The summed E-state index contributed by atoms with van der Waals surface area (Å²) in [5.74, 6) is 0.689. The van der Waals surface area contributed by atoms with Gasteiger partial charge in [0.25, 0.3) is 0 Å². The van der Waals surface area contributed by atoms with Gasteiger partial charge in [0.1, 0.15) is 11.3 Å². The Kier molecular flexibility index (Phi) is 6.32. The molecule has 0 saturated heterocycles. The van der Waals surface area contributed by atoms with Gasteiger partial charge in [-0.15, -0.1) is 0 Å². The minimum absolute atomic E-state index is 0.185. The molecule has 0 radical (unpaired) electrons. The predicted octanol–water partition coefficient (Wildman–Crippen LogP) is 3.64. The number of hydrogen-bond acceptors (Lipinski definition) is 3. The molecule has 0 heterocycles. The molecule has 0 atom stereocenters. The lowest BCUT2D eigenvalue weighted by molar-refractivity contribution is -0.149. The smallest absolute Gasteiger partial charge is 0.329 e. The molecule has 2 rings (SSSR count). The number of carbonyl (C=O) groups excluding carboxylic acids is 1. The molecular formula is C21H31NO4. The van der Waals surface area contributed by atoms with E-state index in [1.807, 2.05) is 26.0 Å². The molecular weight excluding hydrogens is 330 g/mol. The molecule has 1 aromatic carbocycles. The Morgan fingerprint density at radius 1 is 1.23 bits per heavy atom. The van der Waals surface area contributed by atoms with Gasteiger partial charge in [-0.3, -0.25) is 4.79 Å². The quantitative estimate of drug-likeness (QED) is 0.811. The highest BCUT2D eigenvalue weighted by Crippen LogP contribution is 2.36. The monoisotopic (exact) mass is 361 g/mol. The summed E-state index contributed by atoms with van der Waals surface area (Å²) in [7, 11) is 1.62. The number of rotatable bonds is 6. The van der Waals surface area contributed by atoms with E-state index in [0.717, 1.165) is 35.3 Å². The van der Waals surface area contributed by atoms with Crippen molar-refractivity contribution < 1.29 is 19.4 Å². The van der Waals surface area contributed by atoms with E-state index in [9.17, 15) is 14.7 Å². The van der Waals surface area contributed by atoms with Gasteiger partial charge in [-0.1, -0.05) is 13.8 Å². The Hall–Kier alpha value is -2.04. The van der Waals surface area contributed by atoms with Gasteiger partial charge in [0.2, 0.25) is 5.91 Å². The van der Waals surface area contributed by atoms with Crippen molar-refractivity contribution in [1.29, 1.82) is 0 Å². The van der Waals surface area contributed by atoms with Crippen molar-refractivity contribution in [2.24, 2.45) is 11.8 Å². The molecule has 0 aromatic heterocycles. The number of carboxylic acid groups (broad SMARTS) is 1. The van der Waals surface area contributed by atoms with Gasteiger partial charge >= 0.3 is 5.97 Å². The van der Waals surface area contributed by atoms with Crippen LogP contribution in [0.2, 0.25) is 0 Å². The Morgan fingerprint density at radius 3 is 2.19 bits per heavy atom. The molecule has 0 aliphatic heterocycles. The lowest BCUT2D eigenvalue weighted by Crippen LogP contribution is -2.57. The molecule has 0 unspecified atom stereocenters. The van der Waals surface area contributed by atoms with Crippen LogP contribution in [-0.2, 0) is 16.0 Å². The molecule has 1 aromatic rings. The number of carboxylic acids is 1. The summed E-state index contributed by atoms with van der Waals surface area (Å²) in [4.78, 5) is 24.6. The molecule has 5 heteroatoms. The van der Waals surface area contributed by atoms with Crippen LogP contribution in [-0.4, -0.2) is 29.6 Å². The zero-order valence-corrected chi connectivity index (χ0v) is 16.5. The van der Waals surface area contributed by atoms with Gasteiger partial charge < -0.3 is 15.2 Å². The lowest BCUT2D eigenvalue weighted by atomic mass is 9.72. The minimum Gasteiger partial charge on any atom is -0.497 e. The van der Waals surface area contributed by atoms with Crippen molar-refractivity contribution >= 4 is 11.9 Å². The fourth-order valence-electron chi connectivity index (χ4n) is 4.01. The van der Waals surface area contributed by atoms with Crippen LogP contribution in [0.5, 0.6) is 5.75 Å². The molecule has 2 N–H and O–H groups in total. The van der Waals surface area contributed by atoms with Crippen LogP contribution in [0.1, 0.15) is 56.2 Å². The van der Waals surface area contributed by atoms with E-state index in [4.69, 9.17) is 4.74 Å². The number of methoxy groups -OCH3 is 1. The maximum Gasteiger partial charge on any atom is 0.329 e. The average molecular weight is 361 g/mol. The SMILES string of the molecule is COc1cc(C)c(CC(=O)NC2(C(=O)O)CCC(C(C)C)CC2)c(C)c1. The number of aliphatic carboxylic acids is 1. The second kappa shape index (κ2) is 8.11. The number of benzene rings is 1. The maximum atomic E-state index is 12.7. The van der Waals surface area contributed by atoms with E-state index >= 15 is 0 Å². The van der Waals surface area contributed by atoms with Crippen molar-refractivity contribution in [3.8, 4) is 5.75 Å². The van der Waals surface area contributed by atoms with E-state index in [0.29, 0.717) is 24.7 Å². The standard InChI is InChI=1S/C21H31NO4/c1-13(2)16-6-8-21(9-7-16,20(24)25)22-19(23)12-18-14(3)10-17(26-5)11-15(18)4/h10-11,13,16H,6-9,12H2,1-5H3,(H,22,23)(H,24,25). The summed E-state index contributed by atoms with van der Waals surface area (Å²) in [6.45, 7) is 8.23. The van der Waals surface area contributed by atoms with Crippen LogP contribution in [0.3, 0.4) is 0 Å². The maximum absolute atomic E-state index is 12.7. The molecule has 26 heavy (non-hydrogen) atoms. The summed E-state index contributed by atoms with van der Waals surface area (Å²) in [6, 6.07) is 3.80. The Balaban J connectivity index is 2.11. The molecule has 144 valence electrons. The molecule has 1 aliphatic rings. The van der Waals surface area contributed by atoms with Gasteiger partial charge in [0.15, 0.2) is 0 Å². The summed E-state index contributed by atoms with van der Waals surface area (Å²) >= 11 is 0. The second-order valence-corrected chi connectivity index (χ2v) is 7.93. The Bertz CT molecular complexity index is 650. The first kappa shape index (κ1) is 20.3. The van der Waals surface area contributed by atoms with Gasteiger partial charge in [0.05, 0.1) is 13.5 Å². The number of ether oxygens (including phenoxy) is 1. The van der Waals surface area contributed by atoms with Gasteiger partial charge in [0, 0.05) is 0 Å². The molecule has 5 nitrogen and oxygen atoms in total. The lowest BCUT2D eigenvalue weighted by Gasteiger charge is -2.38. The van der Waals surface area contributed by atoms with Gasteiger partial charge in [-0.25, -0.2) is 4.79 Å². The molecule has 0 spiro atoms. The van der Waals surface area contributed by atoms with Crippen LogP contribution in [0.15, 0.2) is 12.1 Å². The molecule has 1 amide bonds. The number of nitrogens with one attached hydrogen (secondary N) is 1. The number of hydrogen-bond donors (Lipinski definition) is 2. The van der Waals surface area contributed by atoms with Crippen molar-refractivity contribution in [3.63, 3.8) is 0 Å². The van der Waals surface area contributed by atoms with E-state index in [-0.39, 0.29) is 12.3 Å². The highest BCUT2D eigenvalue weighted by Gasteiger charge is 2.43. The van der Waals surface area contributed by atoms with Crippen LogP contribution < -0.4 is 10.1 Å². The number of carbonyl (C=O) groups is 2. The van der Waals surface area contributed by atoms with Crippen LogP contribution in [0.4, 0.5) is 0 Å². The first-order valence-corrected chi connectivity index (χ1v) is 9.37. The zero-order valence-electron chi connectivity index (χ0n) is 16.5. The van der Waals surface area contributed by atoms with Gasteiger partial charge in [-0.2, -0.15) is 0 Å². The van der Waals surface area contributed by atoms with Crippen LogP contribution in [0, 0.1) is 25.7 Å². The van der Waals surface area contributed by atoms with Crippen LogP contribution in [0.25, 0.3) is 0 Å². The fourth-order valence-corrected chi connectivity index (χ4v) is 4.01. The van der Waals surface area contributed by atoms with Gasteiger partial charge in [-0.05, 0) is 80.2 Å². The highest BCUT2D eigenvalue weighted by molar-refractivity contribution is 5.88. The van der Waals surface area contributed by atoms with Crippen molar-refractivity contribution in [3.05, 3.63) is 28.8 Å². The summed E-state index contributed by atoms with van der Waals surface area (Å²) < 4.78 is 5.26. The predicted molar refractivity (Wildman–Crippen MR) is 101 cm³/mol. The second-order valence-electron chi connectivity index (χ2n) is 7.93. The van der Waals surface area contributed by atoms with Crippen molar-refractivity contribution in [1.82, 2.24) is 5.32 Å². The first-order chi connectivity index (χ1) is 12.2. The summed E-state index contributed by atoms with van der Waals surface area (Å²) in [6.07, 6.45) is 2.86.